The average molecular weight is 182 g/mol. The van der Waals surface area contributed by atoms with Crippen LogP contribution in [0.15, 0.2) is 23.1 Å². The summed E-state index contributed by atoms with van der Waals surface area (Å²) in [7, 11) is 0. The highest BCUT2D eigenvalue weighted by molar-refractivity contribution is 7.98. The fourth-order valence-corrected chi connectivity index (χ4v) is 1.61. The molecule has 1 heteroatoms. The lowest BCUT2D eigenvalue weighted by Gasteiger charge is -2.01. The molecule has 0 aliphatic rings. The summed E-state index contributed by atoms with van der Waals surface area (Å²) >= 11 is 1.80. The molecule has 0 heterocycles. The van der Waals surface area contributed by atoms with Crippen LogP contribution in [-0.2, 0) is 0 Å². The van der Waals surface area contributed by atoms with Crippen LogP contribution in [0, 0.1) is 13.8 Å². The second-order valence-electron chi connectivity index (χ2n) is 2.47. The molecular formula is C11H18S. The maximum Gasteiger partial charge on any atom is 0.00985 e. The number of rotatable bonds is 1. The van der Waals surface area contributed by atoms with Crippen molar-refractivity contribution >= 4 is 11.8 Å². The van der Waals surface area contributed by atoms with Gasteiger partial charge in [0.1, 0.15) is 0 Å². The van der Waals surface area contributed by atoms with Gasteiger partial charge in [-0.1, -0.05) is 31.5 Å². The van der Waals surface area contributed by atoms with Gasteiger partial charge >= 0.3 is 0 Å². The summed E-state index contributed by atoms with van der Waals surface area (Å²) in [5.74, 6) is 0. The van der Waals surface area contributed by atoms with Gasteiger partial charge in [-0.25, -0.2) is 0 Å². The van der Waals surface area contributed by atoms with Gasteiger partial charge in [-0.3, -0.25) is 0 Å². The molecule has 0 atom stereocenters. The van der Waals surface area contributed by atoms with E-state index in [1.165, 1.54) is 16.0 Å². The third kappa shape index (κ3) is 3.31. The summed E-state index contributed by atoms with van der Waals surface area (Å²) in [5, 5.41) is 0. The molecule has 1 aromatic rings. The molecule has 1 aromatic carbocycles. The number of hydrogen-bond acceptors (Lipinski definition) is 1. The topological polar surface area (TPSA) is 0 Å². The molecule has 1 rings (SSSR count). The highest BCUT2D eigenvalue weighted by atomic mass is 32.2. The van der Waals surface area contributed by atoms with E-state index < -0.39 is 0 Å². The van der Waals surface area contributed by atoms with Crippen molar-refractivity contribution in [3.05, 3.63) is 29.3 Å². The molecule has 12 heavy (non-hydrogen) atoms. The van der Waals surface area contributed by atoms with Crippen molar-refractivity contribution in [3.8, 4) is 0 Å². The van der Waals surface area contributed by atoms with E-state index >= 15 is 0 Å². The zero-order valence-electron chi connectivity index (χ0n) is 8.64. The van der Waals surface area contributed by atoms with E-state index in [0.717, 1.165) is 0 Å². The molecule has 0 saturated heterocycles. The Morgan fingerprint density at radius 3 is 2.08 bits per heavy atom. The second kappa shape index (κ2) is 6.13. The Kier molecular flexibility index (Phi) is 5.91. The quantitative estimate of drug-likeness (QED) is 0.590. The van der Waals surface area contributed by atoms with Crippen molar-refractivity contribution < 1.29 is 0 Å². The van der Waals surface area contributed by atoms with Crippen molar-refractivity contribution in [1.82, 2.24) is 0 Å². The van der Waals surface area contributed by atoms with Crippen LogP contribution >= 0.6 is 11.8 Å². The number of hydrogen-bond donors (Lipinski definition) is 0. The molecule has 0 nitrogen and oxygen atoms in total. The number of aryl methyl sites for hydroxylation is 2. The summed E-state index contributed by atoms with van der Waals surface area (Å²) in [6, 6.07) is 6.54. The average Bonchev–Trinajstić information content (AvgIpc) is 2.08. The van der Waals surface area contributed by atoms with Crippen LogP contribution in [0.25, 0.3) is 0 Å². The fourth-order valence-electron chi connectivity index (χ4n) is 1.03. The van der Waals surface area contributed by atoms with Crippen LogP contribution in [0.5, 0.6) is 0 Å². The first-order valence-electron chi connectivity index (χ1n) is 4.35. The zero-order valence-corrected chi connectivity index (χ0v) is 9.46. The minimum Gasteiger partial charge on any atom is -0.129 e. The van der Waals surface area contributed by atoms with Gasteiger partial charge in [0.2, 0.25) is 0 Å². The van der Waals surface area contributed by atoms with Gasteiger partial charge in [-0.15, -0.1) is 11.8 Å². The summed E-state index contributed by atoms with van der Waals surface area (Å²) in [5.41, 5.74) is 2.72. The third-order valence-corrected chi connectivity index (χ3v) is 2.45. The summed E-state index contributed by atoms with van der Waals surface area (Å²) < 4.78 is 0. The third-order valence-electron chi connectivity index (χ3n) is 1.55. The Hall–Kier alpha value is -0.430. The Labute approximate surface area is 80.4 Å². The first kappa shape index (κ1) is 11.6. The van der Waals surface area contributed by atoms with E-state index in [9.17, 15) is 0 Å². The smallest absolute Gasteiger partial charge is 0.00985 e. The van der Waals surface area contributed by atoms with Gasteiger partial charge in [0, 0.05) is 4.90 Å². The van der Waals surface area contributed by atoms with Gasteiger partial charge in [0.05, 0.1) is 0 Å². The SMILES string of the molecule is CC.CSc1ccc(C)cc1C. The Morgan fingerprint density at radius 2 is 1.67 bits per heavy atom. The number of benzene rings is 1. The molecule has 0 aliphatic carbocycles. The van der Waals surface area contributed by atoms with Crippen LogP contribution in [0.2, 0.25) is 0 Å². The van der Waals surface area contributed by atoms with Crippen molar-refractivity contribution in [3.63, 3.8) is 0 Å². The highest BCUT2D eigenvalue weighted by Crippen LogP contribution is 2.19. The summed E-state index contributed by atoms with van der Waals surface area (Å²) in [6.45, 7) is 8.27. The maximum atomic E-state index is 2.21. The van der Waals surface area contributed by atoms with Gasteiger partial charge in [0.15, 0.2) is 0 Å². The predicted molar refractivity (Wildman–Crippen MR) is 59.0 cm³/mol. The van der Waals surface area contributed by atoms with E-state index in [0.29, 0.717) is 0 Å². The van der Waals surface area contributed by atoms with Crippen LogP contribution in [0.1, 0.15) is 25.0 Å². The maximum absolute atomic E-state index is 2.21. The van der Waals surface area contributed by atoms with Gasteiger partial charge in [-0.2, -0.15) is 0 Å². The van der Waals surface area contributed by atoms with Crippen LogP contribution < -0.4 is 0 Å². The van der Waals surface area contributed by atoms with Gasteiger partial charge in [0.25, 0.3) is 0 Å². The normalized spacial score (nSPS) is 8.75. The Bertz CT molecular complexity index is 228. The molecule has 0 radical (unpaired) electrons. The largest absolute Gasteiger partial charge is 0.129 e. The predicted octanol–water partition coefficient (Wildman–Crippen LogP) is 4.05. The standard InChI is InChI=1S/C9H12S.C2H6/c1-7-4-5-9(10-3)8(2)6-7;1-2/h4-6H,1-3H3;1-2H3. The van der Waals surface area contributed by atoms with E-state index in [2.05, 4.69) is 38.3 Å². The highest BCUT2D eigenvalue weighted by Gasteiger charge is 1.93. The molecular weight excluding hydrogens is 164 g/mol. The first-order chi connectivity index (χ1) is 5.74. The molecule has 68 valence electrons. The van der Waals surface area contributed by atoms with Crippen molar-refractivity contribution in [2.24, 2.45) is 0 Å². The fraction of sp³-hybridized carbons (Fsp3) is 0.455. The second-order valence-corrected chi connectivity index (χ2v) is 3.32. The van der Waals surface area contributed by atoms with E-state index in [1.807, 2.05) is 13.8 Å². The minimum atomic E-state index is 1.34. The molecule has 0 saturated carbocycles. The molecule has 0 aliphatic heterocycles. The molecule has 0 fully saturated rings. The summed E-state index contributed by atoms with van der Waals surface area (Å²) in [6.07, 6.45) is 2.11. The van der Waals surface area contributed by atoms with Crippen molar-refractivity contribution in [2.45, 2.75) is 32.6 Å². The first-order valence-corrected chi connectivity index (χ1v) is 5.58. The van der Waals surface area contributed by atoms with Gasteiger partial charge in [-0.05, 0) is 31.7 Å². The van der Waals surface area contributed by atoms with Gasteiger partial charge < -0.3 is 0 Å². The zero-order chi connectivity index (χ0) is 9.56. The Balaban J connectivity index is 0.000000561. The lowest BCUT2D eigenvalue weighted by atomic mass is 10.2. The van der Waals surface area contributed by atoms with Crippen LogP contribution in [0.3, 0.4) is 0 Å². The van der Waals surface area contributed by atoms with Crippen molar-refractivity contribution in [2.75, 3.05) is 6.26 Å². The number of thioether (sulfide) groups is 1. The van der Waals surface area contributed by atoms with Crippen LogP contribution in [0.4, 0.5) is 0 Å². The van der Waals surface area contributed by atoms with E-state index in [1.54, 1.807) is 11.8 Å². The lowest BCUT2D eigenvalue weighted by molar-refractivity contribution is 1.27. The Morgan fingerprint density at radius 1 is 1.08 bits per heavy atom. The molecule has 0 unspecified atom stereocenters. The molecule has 0 bridgehead atoms. The molecule has 0 aromatic heterocycles. The molecule has 0 N–H and O–H groups in total. The molecule has 0 amide bonds. The lowest BCUT2D eigenvalue weighted by Crippen LogP contribution is -1.79. The van der Waals surface area contributed by atoms with Crippen LogP contribution in [-0.4, -0.2) is 6.26 Å². The van der Waals surface area contributed by atoms with Crippen molar-refractivity contribution in [1.29, 1.82) is 0 Å². The van der Waals surface area contributed by atoms with E-state index in [-0.39, 0.29) is 0 Å². The minimum absolute atomic E-state index is 1.34. The molecule has 0 spiro atoms. The summed E-state index contributed by atoms with van der Waals surface area (Å²) in [4.78, 5) is 1.38. The monoisotopic (exact) mass is 182 g/mol. The van der Waals surface area contributed by atoms with E-state index in [4.69, 9.17) is 0 Å².